The van der Waals surface area contributed by atoms with Crippen molar-refractivity contribution in [2.45, 2.75) is 52.1 Å². The average Bonchev–Trinajstić information content (AvgIpc) is 2.46. The van der Waals surface area contributed by atoms with E-state index < -0.39 is 5.54 Å². The van der Waals surface area contributed by atoms with Crippen LogP contribution in [0.15, 0.2) is 0 Å². The molecule has 6 heteroatoms. The maximum Gasteiger partial charge on any atom is 0.279 e. The van der Waals surface area contributed by atoms with Crippen molar-refractivity contribution >= 4 is 11.8 Å². The number of amides is 2. The summed E-state index contributed by atoms with van der Waals surface area (Å²) in [5.74, 6) is -0.568. The number of hydrogen-bond donors (Lipinski definition) is 3. The molecule has 0 spiro atoms. The van der Waals surface area contributed by atoms with Crippen LogP contribution < -0.4 is 16.0 Å². The lowest BCUT2D eigenvalue weighted by Gasteiger charge is -2.34. The number of likely N-dealkylation sites (tertiary alicyclic amines) is 1. The van der Waals surface area contributed by atoms with E-state index in [1.165, 1.54) is 0 Å². The summed E-state index contributed by atoms with van der Waals surface area (Å²) in [5, 5.41) is 12.1. The number of piperidine rings is 1. The molecule has 0 aromatic rings. The first-order valence-corrected chi connectivity index (χ1v) is 7.58. The van der Waals surface area contributed by atoms with E-state index in [0.717, 1.165) is 24.3 Å². The van der Waals surface area contributed by atoms with Crippen LogP contribution in [0.4, 0.5) is 0 Å². The Morgan fingerprint density at radius 1 is 1.43 bits per heavy atom. The molecule has 0 aromatic carbocycles. The van der Waals surface area contributed by atoms with Crippen molar-refractivity contribution < 1.29 is 14.5 Å². The van der Waals surface area contributed by atoms with Gasteiger partial charge in [-0.05, 0) is 32.6 Å². The van der Waals surface area contributed by atoms with Crippen LogP contribution in [0.1, 0.15) is 40.5 Å². The number of nitriles is 1. The van der Waals surface area contributed by atoms with Crippen LogP contribution in [0.2, 0.25) is 0 Å². The number of nitrogens with two attached hydrogens (primary N) is 1. The molecule has 1 unspecified atom stereocenters. The molecule has 1 rings (SSSR count). The monoisotopic (exact) mass is 295 g/mol. The number of rotatable bonds is 5. The van der Waals surface area contributed by atoms with E-state index in [1.807, 2.05) is 20.8 Å². The number of quaternary nitrogens is 1. The SMILES string of the molecule is CC(C)[C@](C)(C#N)NC(=O)[C@H](C)[NH+]1CCC[C@H](C(N)=O)C1. The van der Waals surface area contributed by atoms with Crippen LogP contribution in [-0.4, -0.2) is 36.5 Å². The quantitative estimate of drug-likeness (QED) is 0.619. The fourth-order valence-electron chi connectivity index (χ4n) is 2.58. The van der Waals surface area contributed by atoms with Gasteiger partial charge in [-0.2, -0.15) is 5.26 Å². The number of nitrogens with zero attached hydrogens (tertiary/aromatic N) is 1. The van der Waals surface area contributed by atoms with Crippen LogP contribution in [0.25, 0.3) is 0 Å². The number of carbonyl (C=O) groups excluding carboxylic acids is 2. The standard InChI is InChI=1S/C15H26N4O2/c1-10(2)15(4,9-16)18-14(21)11(3)19-7-5-6-12(8-19)13(17)20/h10-12H,5-8H2,1-4H3,(H2,17,20)(H,18,21)/p+1/t11-,12-,15-/m0/s1. The van der Waals surface area contributed by atoms with Crippen molar-refractivity contribution in [1.29, 1.82) is 5.26 Å². The van der Waals surface area contributed by atoms with Crippen LogP contribution in [-0.2, 0) is 9.59 Å². The molecule has 4 N–H and O–H groups in total. The molecule has 6 nitrogen and oxygen atoms in total. The van der Waals surface area contributed by atoms with E-state index in [4.69, 9.17) is 5.73 Å². The molecule has 1 heterocycles. The van der Waals surface area contributed by atoms with Gasteiger partial charge in [-0.25, -0.2) is 0 Å². The second kappa shape index (κ2) is 6.90. The predicted molar refractivity (Wildman–Crippen MR) is 79.1 cm³/mol. The minimum atomic E-state index is -0.871. The highest BCUT2D eigenvalue weighted by Crippen LogP contribution is 2.15. The Balaban J connectivity index is 2.70. The molecule has 118 valence electrons. The van der Waals surface area contributed by atoms with Gasteiger partial charge in [0.2, 0.25) is 5.91 Å². The smallest absolute Gasteiger partial charge is 0.279 e. The highest BCUT2D eigenvalue weighted by molar-refractivity contribution is 5.81. The van der Waals surface area contributed by atoms with E-state index >= 15 is 0 Å². The molecule has 0 saturated carbocycles. The fraction of sp³-hybridized carbons (Fsp3) is 0.800. The molecule has 1 saturated heterocycles. The Kier molecular flexibility index (Phi) is 5.73. The Bertz CT molecular complexity index is 443. The van der Waals surface area contributed by atoms with Crippen molar-refractivity contribution in [2.75, 3.05) is 13.1 Å². The number of nitrogens with one attached hydrogen (secondary N) is 2. The largest absolute Gasteiger partial charge is 0.369 e. The van der Waals surface area contributed by atoms with Crippen molar-refractivity contribution in [3.8, 4) is 6.07 Å². The third-order valence-electron chi connectivity index (χ3n) is 4.74. The van der Waals surface area contributed by atoms with E-state index in [2.05, 4.69) is 11.4 Å². The van der Waals surface area contributed by atoms with Crippen LogP contribution in [0, 0.1) is 23.2 Å². The minimum Gasteiger partial charge on any atom is -0.369 e. The Morgan fingerprint density at radius 2 is 2.05 bits per heavy atom. The third-order valence-corrected chi connectivity index (χ3v) is 4.74. The molecule has 1 fully saturated rings. The van der Waals surface area contributed by atoms with Crippen LogP contribution in [0.5, 0.6) is 0 Å². The predicted octanol–water partition coefficient (Wildman–Crippen LogP) is -0.790. The van der Waals surface area contributed by atoms with Gasteiger partial charge in [0, 0.05) is 0 Å². The van der Waals surface area contributed by atoms with E-state index in [1.54, 1.807) is 6.92 Å². The second-order valence-corrected chi connectivity index (χ2v) is 6.53. The number of carbonyl (C=O) groups is 2. The number of hydrogen-bond acceptors (Lipinski definition) is 3. The van der Waals surface area contributed by atoms with Gasteiger partial charge < -0.3 is 16.0 Å². The topological polar surface area (TPSA) is 100 Å². The second-order valence-electron chi connectivity index (χ2n) is 6.53. The minimum absolute atomic E-state index is 0.0216. The summed E-state index contributed by atoms with van der Waals surface area (Å²) in [7, 11) is 0. The van der Waals surface area contributed by atoms with Crippen molar-refractivity contribution in [3.63, 3.8) is 0 Å². The van der Waals surface area contributed by atoms with Gasteiger partial charge >= 0.3 is 0 Å². The summed E-state index contributed by atoms with van der Waals surface area (Å²) in [6, 6.07) is 1.89. The zero-order valence-electron chi connectivity index (χ0n) is 13.4. The summed E-state index contributed by atoms with van der Waals surface area (Å²) in [6.45, 7) is 8.83. The average molecular weight is 295 g/mol. The lowest BCUT2D eigenvalue weighted by molar-refractivity contribution is -0.921. The summed E-state index contributed by atoms with van der Waals surface area (Å²) >= 11 is 0. The Hall–Kier alpha value is -1.61. The number of primary amides is 1. The van der Waals surface area contributed by atoms with E-state index in [0.29, 0.717) is 6.54 Å². The molecule has 1 aliphatic rings. The fourth-order valence-corrected chi connectivity index (χ4v) is 2.58. The maximum absolute atomic E-state index is 12.4. The van der Waals surface area contributed by atoms with Gasteiger partial charge in [0.05, 0.1) is 25.1 Å². The molecule has 0 bridgehead atoms. The van der Waals surface area contributed by atoms with E-state index in [-0.39, 0.29) is 29.7 Å². The molecule has 0 aliphatic carbocycles. The van der Waals surface area contributed by atoms with Gasteiger partial charge in [-0.3, -0.25) is 9.59 Å². The Labute approximate surface area is 126 Å². The zero-order chi connectivity index (χ0) is 16.2. The highest BCUT2D eigenvalue weighted by atomic mass is 16.2. The summed E-state index contributed by atoms with van der Waals surface area (Å²) in [5.41, 5.74) is 4.50. The first-order valence-electron chi connectivity index (χ1n) is 7.58. The zero-order valence-corrected chi connectivity index (χ0v) is 13.4. The summed E-state index contributed by atoms with van der Waals surface area (Å²) in [6.07, 6.45) is 1.69. The highest BCUT2D eigenvalue weighted by Gasteiger charge is 2.37. The third kappa shape index (κ3) is 4.18. The van der Waals surface area contributed by atoms with Crippen molar-refractivity contribution in [1.82, 2.24) is 5.32 Å². The Morgan fingerprint density at radius 3 is 2.52 bits per heavy atom. The van der Waals surface area contributed by atoms with Crippen molar-refractivity contribution in [2.24, 2.45) is 17.6 Å². The first-order chi connectivity index (χ1) is 9.71. The molecular formula is C15H27N4O2+. The van der Waals surface area contributed by atoms with E-state index in [9.17, 15) is 14.9 Å². The van der Waals surface area contributed by atoms with Crippen LogP contribution >= 0.6 is 0 Å². The van der Waals surface area contributed by atoms with Crippen LogP contribution in [0.3, 0.4) is 0 Å². The molecule has 4 atom stereocenters. The molecule has 0 aromatic heterocycles. The van der Waals surface area contributed by atoms with Gasteiger partial charge in [0.15, 0.2) is 6.04 Å². The summed E-state index contributed by atoms with van der Waals surface area (Å²) in [4.78, 5) is 24.8. The molecular weight excluding hydrogens is 268 g/mol. The lowest BCUT2D eigenvalue weighted by Crippen LogP contribution is -3.18. The summed E-state index contributed by atoms with van der Waals surface area (Å²) < 4.78 is 0. The first kappa shape index (κ1) is 17.4. The van der Waals surface area contributed by atoms with Gasteiger partial charge in [0.25, 0.3) is 5.91 Å². The van der Waals surface area contributed by atoms with Gasteiger partial charge in [-0.15, -0.1) is 0 Å². The maximum atomic E-state index is 12.4. The van der Waals surface area contributed by atoms with Gasteiger partial charge in [-0.1, -0.05) is 13.8 Å². The van der Waals surface area contributed by atoms with Gasteiger partial charge in [0.1, 0.15) is 5.54 Å². The lowest BCUT2D eigenvalue weighted by atomic mass is 9.89. The molecule has 1 aliphatic heterocycles. The van der Waals surface area contributed by atoms with Crippen molar-refractivity contribution in [3.05, 3.63) is 0 Å². The molecule has 2 amide bonds. The molecule has 0 radical (unpaired) electrons. The molecule has 21 heavy (non-hydrogen) atoms. The normalized spacial score (nSPS) is 26.5.